The lowest BCUT2D eigenvalue weighted by Gasteiger charge is -2.21. The van der Waals surface area contributed by atoms with Crippen molar-refractivity contribution in [3.05, 3.63) is 70.9 Å². The number of amides is 1. The van der Waals surface area contributed by atoms with Crippen LogP contribution in [0.5, 0.6) is 5.75 Å². The normalized spacial score (nSPS) is 11.9. The number of hydrogen-bond donors (Lipinski definition) is 1. The van der Waals surface area contributed by atoms with Gasteiger partial charge < -0.3 is 14.1 Å². The Morgan fingerprint density at radius 1 is 1.08 bits per heavy atom. The molecule has 1 N–H and O–H groups in total. The number of benzene rings is 1. The zero-order valence-electron chi connectivity index (χ0n) is 18.9. The fourth-order valence-corrected chi connectivity index (χ4v) is 3.42. The molecule has 1 amide bonds. The van der Waals surface area contributed by atoms with Crippen molar-refractivity contribution in [3.8, 4) is 5.75 Å². The Hall–Kier alpha value is -3.42. The van der Waals surface area contributed by atoms with Crippen LogP contribution in [-0.4, -0.2) is 35.0 Å². The van der Waals surface area contributed by atoms with E-state index in [2.05, 4.69) is 19.4 Å². The van der Waals surface area contributed by atoms with Gasteiger partial charge in [-0.3, -0.25) is 14.5 Å². The Kier molecular flexibility index (Phi) is 8.38. The summed E-state index contributed by atoms with van der Waals surface area (Å²) >= 11 is 1.07. The minimum absolute atomic E-state index is 0.0450. The number of nitrogens with zero attached hydrogens (tertiary/aromatic N) is 3. The van der Waals surface area contributed by atoms with Crippen molar-refractivity contribution in [2.24, 2.45) is 0 Å². The maximum Gasteiger partial charge on any atom is 0.573 e. The van der Waals surface area contributed by atoms with Gasteiger partial charge in [0.05, 0.1) is 0 Å². The van der Waals surface area contributed by atoms with Gasteiger partial charge in [-0.2, -0.15) is 18.2 Å². The van der Waals surface area contributed by atoms with Crippen LogP contribution in [0.2, 0.25) is 0 Å². The third kappa shape index (κ3) is 7.54. The van der Waals surface area contributed by atoms with Crippen LogP contribution in [0, 0.1) is 6.92 Å². The average molecular weight is 534 g/mol. The number of hydrogen-bond acceptors (Lipinski definition) is 7. The number of aromatic nitrogens is 2. The molecular weight excluding hydrogens is 514 g/mol. The molecule has 2 heterocycles. The minimum Gasteiger partial charge on any atom is -0.428 e. The molecule has 0 spiro atoms. The predicted octanol–water partition coefficient (Wildman–Crippen LogP) is 5.55. The molecule has 2 aromatic heterocycles. The number of oxazole rings is 1. The highest BCUT2D eigenvalue weighted by Crippen LogP contribution is 2.28. The fourth-order valence-electron chi connectivity index (χ4n) is 3.14. The maximum absolute atomic E-state index is 12.9. The van der Waals surface area contributed by atoms with E-state index in [4.69, 9.17) is 4.42 Å². The summed E-state index contributed by atoms with van der Waals surface area (Å²) in [6.45, 7) is 1.80. The minimum atomic E-state index is -4.81. The average Bonchev–Trinajstić information content (AvgIpc) is 3.18. The van der Waals surface area contributed by atoms with Gasteiger partial charge in [0.25, 0.3) is 11.9 Å². The first-order valence-corrected chi connectivity index (χ1v) is 11.5. The molecule has 0 fully saturated rings. The molecule has 7 nitrogen and oxygen atoms in total. The lowest BCUT2D eigenvalue weighted by atomic mass is 10.1. The van der Waals surface area contributed by atoms with Crippen molar-refractivity contribution in [2.75, 3.05) is 17.7 Å². The summed E-state index contributed by atoms with van der Waals surface area (Å²) in [5.41, 5.74) is 0.0806. The van der Waals surface area contributed by atoms with Gasteiger partial charge in [-0.25, -0.2) is 0 Å². The van der Waals surface area contributed by atoms with Gasteiger partial charge in [-0.15, -0.1) is 13.2 Å². The van der Waals surface area contributed by atoms with Crippen LogP contribution >= 0.6 is 11.9 Å². The molecule has 0 aliphatic rings. The number of carbonyl (C=O) groups excluding carboxylic acids is 1. The molecule has 0 saturated heterocycles. The molecule has 194 valence electrons. The molecule has 14 heteroatoms. The predicted molar refractivity (Wildman–Crippen MR) is 119 cm³/mol. The Balaban J connectivity index is 1.81. The monoisotopic (exact) mass is 534 g/mol. The van der Waals surface area contributed by atoms with Crippen LogP contribution in [0.15, 0.2) is 47.0 Å². The maximum atomic E-state index is 12.9. The van der Waals surface area contributed by atoms with Crippen LogP contribution in [0.3, 0.4) is 0 Å². The summed E-state index contributed by atoms with van der Waals surface area (Å²) in [6.07, 6.45) is -6.34. The van der Waals surface area contributed by atoms with E-state index in [9.17, 15) is 31.1 Å². The van der Waals surface area contributed by atoms with Gasteiger partial charge >= 0.3 is 12.5 Å². The second kappa shape index (κ2) is 11.1. The van der Waals surface area contributed by atoms with Crippen molar-refractivity contribution in [1.29, 1.82) is 0 Å². The van der Waals surface area contributed by atoms with Crippen molar-refractivity contribution in [2.45, 2.75) is 32.4 Å². The first-order valence-electron chi connectivity index (χ1n) is 10.3. The Morgan fingerprint density at radius 3 is 2.31 bits per heavy atom. The molecule has 0 aliphatic carbocycles. The van der Waals surface area contributed by atoms with Gasteiger partial charge in [0, 0.05) is 25.5 Å². The highest BCUT2D eigenvalue weighted by atomic mass is 32.2. The molecule has 36 heavy (non-hydrogen) atoms. The first-order chi connectivity index (χ1) is 16.9. The Bertz CT molecular complexity index is 1160. The number of nitrogens with one attached hydrogen (secondary N) is 1. The molecule has 3 aromatic rings. The number of rotatable bonds is 9. The first kappa shape index (κ1) is 27.2. The highest BCUT2D eigenvalue weighted by molar-refractivity contribution is 7.97. The van der Waals surface area contributed by atoms with Crippen LogP contribution < -0.4 is 14.4 Å². The molecule has 3 rings (SSSR count). The van der Waals surface area contributed by atoms with Gasteiger partial charge in [0.15, 0.2) is 5.69 Å². The Morgan fingerprint density at radius 2 is 1.75 bits per heavy atom. The Labute approximate surface area is 206 Å². The van der Waals surface area contributed by atoms with Gasteiger partial charge in [0.1, 0.15) is 17.2 Å². The van der Waals surface area contributed by atoms with E-state index < -0.39 is 24.1 Å². The van der Waals surface area contributed by atoms with Crippen molar-refractivity contribution < 1.29 is 40.3 Å². The fraction of sp³-hybridized carbons (Fsp3) is 0.318. The quantitative estimate of drug-likeness (QED) is 0.285. The number of pyridine rings is 1. The number of ether oxygens (including phenoxy) is 1. The summed E-state index contributed by atoms with van der Waals surface area (Å²) in [4.78, 5) is 21.5. The molecular formula is C22H20F6N4O3S. The highest BCUT2D eigenvalue weighted by Gasteiger charge is 2.32. The third-order valence-corrected chi connectivity index (χ3v) is 5.17. The molecule has 0 saturated carbocycles. The molecule has 1 aromatic carbocycles. The van der Waals surface area contributed by atoms with Gasteiger partial charge in [0.2, 0.25) is 0 Å². The third-order valence-electron chi connectivity index (χ3n) is 4.78. The summed E-state index contributed by atoms with van der Waals surface area (Å²) in [5, 5.41) is 0. The largest absolute Gasteiger partial charge is 0.573 e. The summed E-state index contributed by atoms with van der Waals surface area (Å²) < 4.78 is 87.7. The number of halogens is 6. The lowest BCUT2D eigenvalue weighted by molar-refractivity contribution is -0.274. The van der Waals surface area contributed by atoms with E-state index in [1.54, 1.807) is 18.1 Å². The van der Waals surface area contributed by atoms with Crippen LogP contribution in [0.1, 0.15) is 33.1 Å². The summed E-state index contributed by atoms with van der Waals surface area (Å²) in [7, 11) is 0. The van der Waals surface area contributed by atoms with E-state index in [1.165, 1.54) is 30.3 Å². The molecule has 0 radical (unpaired) electrons. The van der Waals surface area contributed by atoms with Gasteiger partial charge in [-0.1, -0.05) is 30.1 Å². The number of carbonyl (C=O) groups is 1. The van der Waals surface area contributed by atoms with Crippen LogP contribution in [0.4, 0.5) is 32.4 Å². The van der Waals surface area contributed by atoms with E-state index >= 15 is 0 Å². The second-order valence-electron chi connectivity index (χ2n) is 7.45. The number of anilines is 1. The molecule has 0 unspecified atom stereocenters. The van der Waals surface area contributed by atoms with E-state index in [0.29, 0.717) is 17.5 Å². The standard InChI is InChI=1S/C22H20F6N4O3S/c1-13-18(19(33)31-36-2)30-20(34-13)32(12-15-5-8-17(29-11-15)21(23,24)25)10-9-14-3-6-16(7-4-14)35-22(26,27)28/h3-8,11H,9-10,12H2,1-2H3,(H,31,33). The number of aryl methyl sites for hydroxylation is 1. The lowest BCUT2D eigenvalue weighted by Crippen LogP contribution is -2.26. The van der Waals surface area contributed by atoms with E-state index in [0.717, 1.165) is 24.2 Å². The molecule has 0 bridgehead atoms. The van der Waals surface area contributed by atoms with Crippen LogP contribution in [-0.2, 0) is 19.1 Å². The van der Waals surface area contributed by atoms with E-state index in [-0.39, 0.29) is 36.3 Å². The smallest absolute Gasteiger partial charge is 0.428 e. The zero-order valence-corrected chi connectivity index (χ0v) is 19.7. The van der Waals surface area contributed by atoms with Crippen molar-refractivity contribution in [1.82, 2.24) is 14.7 Å². The summed E-state index contributed by atoms with van der Waals surface area (Å²) in [5.74, 6) is -0.612. The summed E-state index contributed by atoms with van der Waals surface area (Å²) in [6, 6.07) is 7.43. The van der Waals surface area contributed by atoms with E-state index in [1.807, 2.05) is 0 Å². The molecule has 0 aliphatic heterocycles. The molecule has 0 atom stereocenters. The number of alkyl halides is 6. The SMILES string of the molecule is CSNC(=O)c1nc(N(CCc2ccc(OC(F)(F)F)cc2)Cc2ccc(C(F)(F)F)nc2)oc1C. The van der Waals surface area contributed by atoms with Crippen LogP contribution in [0.25, 0.3) is 0 Å². The topological polar surface area (TPSA) is 80.5 Å². The van der Waals surface area contributed by atoms with Crippen molar-refractivity contribution in [3.63, 3.8) is 0 Å². The zero-order chi connectivity index (χ0) is 26.5. The van der Waals surface area contributed by atoms with Crippen molar-refractivity contribution >= 4 is 23.9 Å². The van der Waals surface area contributed by atoms with Gasteiger partial charge in [-0.05, 0) is 42.7 Å². The second-order valence-corrected chi connectivity index (χ2v) is 8.06.